The molecule has 0 aliphatic carbocycles. The molecule has 1 aromatic carbocycles. The fraction of sp³-hybridized carbons (Fsp3) is 0.364. The first-order chi connectivity index (χ1) is 7.67. The van der Waals surface area contributed by atoms with Crippen LogP contribution in [0, 0.1) is 11.3 Å². The van der Waals surface area contributed by atoms with Crippen molar-refractivity contribution in [2.45, 2.75) is 6.10 Å². The van der Waals surface area contributed by atoms with Crippen molar-refractivity contribution in [2.75, 3.05) is 21.3 Å². The van der Waals surface area contributed by atoms with Crippen molar-refractivity contribution in [1.82, 2.24) is 0 Å². The van der Waals surface area contributed by atoms with E-state index >= 15 is 0 Å². The van der Waals surface area contributed by atoms with Crippen LogP contribution < -0.4 is 9.47 Å². The summed E-state index contributed by atoms with van der Waals surface area (Å²) in [5, 5.41) is 8.93. The highest BCUT2D eigenvalue weighted by molar-refractivity contribution is 9.10. The second kappa shape index (κ2) is 5.73. The van der Waals surface area contributed by atoms with E-state index in [9.17, 15) is 0 Å². The molecule has 86 valence electrons. The van der Waals surface area contributed by atoms with Gasteiger partial charge in [-0.2, -0.15) is 5.26 Å². The zero-order valence-electron chi connectivity index (χ0n) is 9.28. The minimum atomic E-state index is -0.630. The van der Waals surface area contributed by atoms with Crippen LogP contribution in [0.3, 0.4) is 0 Å². The molecule has 0 radical (unpaired) electrons. The van der Waals surface area contributed by atoms with E-state index in [1.165, 1.54) is 7.11 Å². The number of nitrogens with zero attached hydrogens (tertiary/aromatic N) is 1. The Hall–Kier alpha value is -1.25. The van der Waals surface area contributed by atoms with Gasteiger partial charge in [-0.05, 0) is 12.1 Å². The number of hydrogen-bond donors (Lipinski definition) is 0. The van der Waals surface area contributed by atoms with E-state index in [4.69, 9.17) is 19.5 Å². The first-order valence-electron chi connectivity index (χ1n) is 4.51. The molecule has 0 saturated carbocycles. The van der Waals surface area contributed by atoms with Gasteiger partial charge in [0.2, 0.25) is 0 Å². The van der Waals surface area contributed by atoms with Crippen LogP contribution in [0.25, 0.3) is 0 Å². The fourth-order valence-electron chi connectivity index (χ4n) is 1.32. The highest BCUT2D eigenvalue weighted by Crippen LogP contribution is 2.36. The number of nitriles is 1. The Morgan fingerprint density at radius 3 is 2.19 bits per heavy atom. The monoisotopic (exact) mass is 285 g/mol. The minimum absolute atomic E-state index is 0.568. The first-order valence-corrected chi connectivity index (χ1v) is 5.31. The lowest BCUT2D eigenvalue weighted by molar-refractivity contribution is 0.147. The molecule has 0 N–H and O–H groups in total. The third-order valence-electron chi connectivity index (χ3n) is 2.14. The summed E-state index contributed by atoms with van der Waals surface area (Å²) in [4.78, 5) is 0. The van der Waals surface area contributed by atoms with Crippen LogP contribution >= 0.6 is 15.9 Å². The van der Waals surface area contributed by atoms with Crippen molar-refractivity contribution in [1.29, 1.82) is 5.26 Å². The van der Waals surface area contributed by atoms with Gasteiger partial charge in [0.25, 0.3) is 0 Å². The van der Waals surface area contributed by atoms with Crippen LogP contribution in [-0.4, -0.2) is 21.3 Å². The average Bonchev–Trinajstić information content (AvgIpc) is 2.32. The number of benzene rings is 1. The van der Waals surface area contributed by atoms with Crippen LogP contribution in [0.1, 0.15) is 11.7 Å². The van der Waals surface area contributed by atoms with Gasteiger partial charge in [0, 0.05) is 17.1 Å². The average molecular weight is 286 g/mol. The van der Waals surface area contributed by atoms with E-state index < -0.39 is 6.10 Å². The molecule has 1 unspecified atom stereocenters. The molecule has 0 aliphatic rings. The molecule has 4 nitrogen and oxygen atoms in total. The van der Waals surface area contributed by atoms with Crippen molar-refractivity contribution in [3.8, 4) is 17.6 Å². The highest BCUT2D eigenvalue weighted by atomic mass is 79.9. The standard InChI is InChI=1S/C11H12BrNO3/c1-14-9-4-7(11(6-13)16-3)8(12)5-10(9)15-2/h4-5,11H,1-3H3. The molecule has 16 heavy (non-hydrogen) atoms. The summed E-state index contributed by atoms with van der Waals surface area (Å²) in [5.74, 6) is 1.17. The Morgan fingerprint density at radius 2 is 1.75 bits per heavy atom. The zero-order valence-corrected chi connectivity index (χ0v) is 10.9. The third-order valence-corrected chi connectivity index (χ3v) is 2.83. The molecule has 0 heterocycles. The number of ether oxygens (including phenoxy) is 3. The molecule has 0 bridgehead atoms. The molecule has 0 saturated heterocycles. The number of rotatable bonds is 4. The van der Waals surface area contributed by atoms with Gasteiger partial charge in [-0.15, -0.1) is 0 Å². The van der Waals surface area contributed by atoms with Crippen molar-refractivity contribution in [2.24, 2.45) is 0 Å². The van der Waals surface area contributed by atoms with Crippen molar-refractivity contribution >= 4 is 15.9 Å². The predicted molar refractivity (Wildman–Crippen MR) is 62.6 cm³/mol. The summed E-state index contributed by atoms with van der Waals surface area (Å²) in [5.41, 5.74) is 0.711. The maximum absolute atomic E-state index is 8.93. The lowest BCUT2D eigenvalue weighted by Gasteiger charge is -2.14. The summed E-state index contributed by atoms with van der Waals surface area (Å²) in [6, 6.07) is 5.52. The normalized spacial score (nSPS) is 11.7. The Labute approximate surface area is 103 Å². The molecular weight excluding hydrogens is 274 g/mol. The van der Waals surface area contributed by atoms with Crippen molar-refractivity contribution < 1.29 is 14.2 Å². The van der Waals surface area contributed by atoms with E-state index in [2.05, 4.69) is 15.9 Å². The molecular formula is C11H12BrNO3. The van der Waals surface area contributed by atoms with Crippen LogP contribution in [-0.2, 0) is 4.74 Å². The second-order valence-electron chi connectivity index (χ2n) is 2.97. The molecule has 0 spiro atoms. The molecule has 0 aromatic heterocycles. The lowest BCUT2D eigenvalue weighted by atomic mass is 10.1. The van der Waals surface area contributed by atoms with Crippen molar-refractivity contribution in [3.63, 3.8) is 0 Å². The fourth-order valence-corrected chi connectivity index (χ4v) is 1.85. The topological polar surface area (TPSA) is 51.5 Å². The summed E-state index contributed by atoms with van der Waals surface area (Å²) in [7, 11) is 4.59. The van der Waals surface area contributed by atoms with E-state index in [1.54, 1.807) is 26.4 Å². The SMILES string of the molecule is COc1cc(Br)c(C(C#N)OC)cc1OC. The third kappa shape index (κ3) is 2.46. The van der Waals surface area contributed by atoms with Gasteiger partial charge in [-0.1, -0.05) is 15.9 Å². The lowest BCUT2D eigenvalue weighted by Crippen LogP contribution is -2.01. The van der Waals surface area contributed by atoms with Crippen molar-refractivity contribution in [3.05, 3.63) is 22.2 Å². The molecule has 0 aliphatic heterocycles. The Balaban J connectivity index is 3.26. The van der Waals surface area contributed by atoms with E-state index in [0.29, 0.717) is 17.1 Å². The second-order valence-corrected chi connectivity index (χ2v) is 3.83. The van der Waals surface area contributed by atoms with Gasteiger partial charge in [0.15, 0.2) is 17.6 Å². The summed E-state index contributed by atoms with van der Waals surface area (Å²) < 4.78 is 16.1. The Bertz CT molecular complexity index is 414. The molecule has 0 fully saturated rings. The first kappa shape index (κ1) is 12.8. The minimum Gasteiger partial charge on any atom is -0.493 e. The van der Waals surface area contributed by atoms with Crippen LogP contribution in [0.4, 0.5) is 0 Å². The maximum Gasteiger partial charge on any atom is 0.169 e. The van der Waals surface area contributed by atoms with E-state index in [1.807, 2.05) is 6.07 Å². The van der Waals surface area contributed by atoms with Crippen LogP contribution in [0.5, 0.6) is 11.5 Å². The maximum atomic E-state index is 8.93. The summed E-state index contributed by atoms with van der Waals surface area (Å²) >= 11 is 3.37. The van der Waals surface area contributed by atoms with Crippen LogP contribution in [0.15, 0.2) is 16.6 Å². The quantitative estimate of drug-likeness (QED) is 0.854. The summed E-state index contributed by atoms with van der Waals surface area (Å²) in [6.07, 6.45) is -0.630. The van der Waals surface area contributed by atoms with Gasteiger partial charge in [-0.25, -0.2) is 0 Å². The van der Waals surface area contributed by atoms with Gasteiger partial charge >= 0.3 is 0 Å². The number of hydrogen-bond acceptors (Lipinski definition) is 4. The van der Waals surface area contributed by atoms with Crippen LogP contribution in [0.2, 0.25) is 0 Å². The Kier molecular flexibility index (Phi) is 4.59. The van der Waals surface area contributed by atoms with Gasteiger partial charge in [0.05, 0.1) is 20.3 Å². The molecule has 1 rings (SSSR count). The smallest absolute Gasteiger partial charge is 0.169 e. The van der Waals surface area contributed by atoms with Gasteiger partial charge < -0.3 is 14.2 Å². The molecule has 1 atom stereocenters. The van der Waals surface area contributed by atoms with E-state index in [-0.39, 0.29) is 0 Å². The molecule has 0 amide bonds. The van der Waals surface area contributed by atoms with E-state index in [0.717, 1.165) is 4.47 Å². The molecule has 1 aromatic rings. The van der Waals surface area contributed by atoms with Gasteiger partial charge in [0.1, 0.15) is 0 Å². The molecule has 5 heteroatoms. The number of methoxy groups -OCH3 is 3. The number of halogens is 1. The summed E-state index contributed by atoms with van der Waals surface area (Å²) in [6.45, 7) is 0. The highest BCUT2D eigenvalue weighted by Gasteiger charge is 2.17. The Morgan fingerprint density at radius 1 is 1.19 bits per heavy atom. The zero-order chi connectivity index (χ0) is 12.1. The predicted octanol–water partition coefficient (Wildman–Crippen LogP) is 2.68. The largest absolute Gasteiger partial charge is 0.493 e. The van der Waals surface area contributed by atoms with Gasteiger partial charge in [-0.3, -0.25) is 0 Å².